The number of carbonyl (C=O) groups is 1. The van der Waals surface area contributed by atoms with E-state index in [1.54, 1.807) is 43.3 Å². The molecule has 2 heterocycles. The van der Waals surface area contributed by atoms with Crippen molar-refractivity contribution in [2.24, 2.45) is 0 Å². The van der Waals surface area contributed by atoms with Gasteiger partial charge in [0.05, 0.1) is 11.3 Å². The van der Waals surface area contributed by atoms with Gasteiger partial charge >= 0.3 is 0 Å². The summed E-state index contributed by atoms with van der Waals surface area (Å²) in [6.07, 6.45) is 0. The topological polar surface area (TPSA) is 117 Å². The second-order valence-corrected chi connectivity index (χ2v) is 6.08. The lowest BCUT2D eigenvalue weighted by atomic mass is 10.00. The molecule has 0 atom stereocenters. The van der Waals surface area contributed by atoms with Crippen LogP contribution in [-0.4, -0.2) is 31.0 Å². The summed E-state index contributed by atoms with van der Waals surface area (Å²) in [6.45, 7) is 1.59. The lowest BCUT2D eigenvalue weighted by Gasteiger charge is -2.23. The maximum atomic E-state index is 13.3. The average molecular weight is 372 g/mol. The molecule has 0 unspecified atom stereocenters. The predicted molar refractivity (Wildman–Crippen MR) is 99.3 cm³/mol. The van der Waals surface area contributed by atoms with E-state index in [4.69, 9.17) is 0 Å². The summed E-state index contributed by atoms with van der Waals surface area (Å²) in [7, 11) is 0. The van der Waals surface area contributed by atoms with Crippen molar-refractivity contribution < 1.29 is 9.90 Å². The summed E-state index contributed by atoms with van der Waals surface area (Å²) < 4.78 is 1.37. The number of nitrogens with zero attached hydrogens (tertiary/aromatic N) is 4. The van der Waals surface area contributed by atoms with E-state index >= 15 is 0 Å². The van der Waals surface area contributed by atoms with Gasteiger partial charge in [-0.25, -0.2) is 0 Å². The number of hydrogen-bond donors (Lipinski definition) is 1. The molecule has 138 valence electrons. The molecule has 0 bridgehead atoms. The number of nitrogens with one attached hydrogen (secondary N) is 1. The van der Waals surface area contributed by atoms with Crippen LogP contribution < -0.4 is 10.7 Å². The lowest BCUT2D eigenvalue weighted by Crippen LogP contribution is -2.30. The van der Waals surface area contributed by atoms with Crippen LogP contribution in [0.1, 0.15) is 21.7 Å². The molecule has 1 N–H and O–H groups in total. The summed E-state index contributed by atoms with van der Waals surface area (Å²) in [6, 6.07) is 17.9. The van der Waals surface area contributed by atoms with Gasteiger partial charge in [0.25, 0.3) is 5.56 Å². The van der Waals surface area contributed by atoms with Gasteiger partial charge in [-0.3, -0.25) is 14.2 Å². The maximum absolute atomic E-state index is 13.3. The number of rotatable bonds is 4. The van der Waals surface area contributed by atoms with Crippen molar-refractivity contribution in [2.75, 3.05) is 0 Å². The number of benzene rings is 2. The van der Waals surface area contributed by atoms with Crippen LogP contribution >= 0.6 is 0 Å². The minimum Gasteiger partial charge on any atom is -0.872 e. The molecule has 4 aromatic rings. The predicted octanol–water partition coefficient (Wildman–Crippen LogP) is 1.63. The van der Waals surface area contributed by atoms with E-state index in [9.17, 15) is 14.7 Å². The molecule has 2 aromatic carbocycles. The lowest BCUT2D eigenvalue weighted by molar-refractivity contribution is -0.269. The molecule has 0 aliphatic carbocycles. The normalized spacial score (nSPS) is 10.8. The zero-order valence-corrected chi connectivity index (χ0v) is 14.8. The monoisotopic (exact) mass is 372 g/mol. The number of pyridine rings is 1. The fourth-order valence-electron chi connectivity index (χ4n) is 3.11. The van der Waals surface area contributed by atoms with Gasteiger partial charge < -0.3 is 5.11 Å². The molecule has 0 radical (unpaired) electrons. The Kier molecular flexibility index (Phi) is 4.29. The molecule has 2 aromatic heterocycles. The number of H-pyrrole nitrogens is 1. The van der Waals surface area contributed by atoms with Gasteiger partial charge in [0.1, 0.15) is 0 Å². The third kappa shape index (κ3) is 2.77. The molecule has 0 saturated heterocycles. The van der Waals surface area contributed by atoms with Crippen molar-refractivity contribution in [3.8, 4) is 22.7 Å². The Labute approximate surface area is 159 Å². The van der Waals surface area contributed by atoms with Gasteiger partial charge in [-0.1, -0.05) is 54.3 Å². The van der Waals surface area contributed by atoms with Gasteiger partial charge in [-0.15, -0.1) is 10.2 Å². The van der Waals surface area contributed by atoms with E-state index in [2.05, 4.69) is 20.6 Å². The molecule has 0 aliphatic heterocycles. The molecule has 28 heavy (non-hydrogen) atoms. The Morgan fingerprint density at radius 2 is 1.68 bits per heavy atom. The van der Waals surface area contributed by atoms with Crippen LogP contribution in [0, 0.1) is 6.92 Å². The third-order valence-corrected chi connectivity index (χ3v) is 4.40. The number of hydrogen-bond acceptors (Lipinski definition) is 6. The van der Waals surface area contributed by atoms with Crippen LogP contribution in [-0.2, 0) is 0 Å². The fourth-order valence-corrected chi connectivity index (χ4v) is 3.11. The van der Waals surface area contributed by atoms with Crippen LogP contribution in [0.3, 0.4) is 0 Å². The van der Waals surface area contributed by atoms with Gasteiger partial charge in [-0.2, -0.15) is 5.21 Å². The number of para-hydroxylation sites is 1. The van der Waals surface area contributed by atoms with Crippen molar-refractivity contribution in [3.05, 3.63) is 88.0 Å². The molecule has 8 nitrogen and oxygen atoms in total. The Hall–Kier alpha value is -4.07. The third-order valence-electron chi connectivity index (χ3n) is 4.40. The maximum Gasteiger partial charge on any atom is 0.266 e. The molecular weight excluding hydrogens is 358 g/mol. The van der Waals surface area contributed by atoms with Crippen LogP contribution in [0.5, 0.6) is 5.75 Å². The van der Waals surface area contributed by atoms with E-state index in [1.807, 2.05) is 24.3 Å². The van der Waals surface area contributed by atoms with Crippen LogP contribution in [0.2, 0.25) is 0 Å². The standard InChI is InChI=1S/C20H15N5O3/c1-12-16(13-8-4-2-5-9-13)25(14-10-6-3-7-11-14)20(28)15(17(12)26)18(27)19-21-23-24-22-19/h2-11,26H,1H3,(H,21,22,23,24)/p-1. The Balaban J connectivity index is 2.09. The number of tetrazole rings is 1. The SMILES string of the molecule is Cc1c([O-])c(C(=O)c2nn[nH]n2)c(=O)n(-c2ccccc2)c1-c1ccccc1. The molecule has 0 fully saturated rings. The minimum atomic E-state index is -0.865. The Morgan fingerprint density at radius 3 is 2.29 bits per heavy atom. The highest BCUT2D eigenvalue weighted by Crippen LogP contribution is 2.31. The summed E-state index contributed by atoms with van der Waals surface area (Å²) in [5.41, 5.74) is 0.707. The van der Waals surface area contributed by atoms with Crippen molar-refractivity contribution in [1.82, 2.24) is 25.2 Å². The highest BCUT2D eigenvalue weighted by atomic mass is 16.3. The Bertz CT molecular complexity index is 1200. The van der Waals surface area contributed by atoms with Crippen molar-refractivity contribution >= 4 is 5.78 Å². The number of carbonyl (C=O) groups excluding carboxylic acids is 1. The van der Waals surface area contributed by atoms with Gasteiger partial charge in [0.15, 0.2) is 0 Å². The molecule has 4 rings (SSSR count). The van der Waals surface area contributed by atoms with Crippen molar-refractivity contribution in [2.45, 2.75) is 6.92 Å². The smallest absolute Gasteiger partial charge is 0.266 e. The second-order valence-electron chi connectivity index (χ2n) is 6.08. The summed E-state index contributed by atoms with van der Waals surface area (Å²) >= 11 is 0. The summed E-state index contributed by atoms with van der Waals surface area (Å²) in [5, 5.41) is 25.7. The van der Waals surface area contributed by atoms with E-state index in [0.717, 1.165) is 0 Å². The van der Waals surface area contributed by atoms with Crippen LogP contribution in [0.15, 0.2) is 65.5 Å². The first-order valence-corrected chi connectivity index (χ1v) is 8.45. The van der Waals surface area contributed by atoms with E-state index in [0.29, 0.717) is 16.9 Å². The molecule has 0 spiro atoms. The largest absolute Gasteiger partial charge is 0.872 e. The number of aromatic amines is 1. The van der Waals surface area contributed by atoms with Crippen molar-refractivity contribution in [3.63, 3.8) is 0 Å². The number of ketones is 1. The average Bonchev–Trinajstić information content (AvgIpc) is 3.27. The Morgan fingerprint density at radius 1 is 1.04 bits per heavy atom. The highest BCUT2D eigenvalue weighted by molar-refractivity contribution is 6.08. The zero-order chi connectivity index (χ0) is 19.7. The highest BCUT2D eigenvalue weighted by Gasteiger charge is 2.24. The van der Waals surface area contributed by atoms with Crippen molar-refractivity contribution in [1.29, 1.82) is 0 Å². The van der Waals surface area contributed by atoms with Crippen LogP contribution in [0.4, 0.5) is 0 Å². The first kappa shape index (κ1) is 17.3. The molecule has 0 aliphatic rings. The number of aromatic nitrogens is 5. The van der Waals surface area contributed by atoms with Gasteiger partial charge in [0.2, 0.25) is 11.6 Å². The van der Waals surface area contributed by atoms with E-state index in [1.165, 1.54) is 4.57 Å². The molecule has 8 heteroatoms. The summed E-state index contributed by atoms with van der Waals surface area (Å²) in [5.74, 6) is -1.84. The molecular formula is C20H14N5O3-. The quantitative estimate of drug-likeness (QED) is 0.544. The van der Waals surface area contributed by atoms with E-state index in [-0.39, 0.29) is 11.4 Å². The molecule has 0 amide bonds. The fraction of sp³-hybridized carbons (Fsp3) is 0.0500. The first-order valence-electron chi connectivity index (χ1n) is 8.45. The van der Waals surface area contributed by atoms with Crippen LogP contribution in [0.25, 0.3) is 16.9 Å². The second kappa shape index (κ2) is 6.92. The summed E-state index contributed by atoms with van der Waals surface area (Å²) in [4.78, 5) is 26.1. The molecule has 0 saturated carbocycles. The van der Waals surface area contributed by atoms with E-state index < -0.39 is 22.7 Å². The first-order chi connectivity index (χ1) is 13.6. The zero-order valence-electron chi connectivity index (χ0n) is 14.8. The van der Waals surface area contributed by atoms with Gasteiger partial charge in [-0.05, 0) is 35.4 Å². The minimum absolute atomic E-state index is 0.279. The van der Waals surface area contributed by atoms with Gasteiger partial charge in [0, 0.05) is 5.69 Å².